The van der Waals surface area contributed by atoms with Gasteiger partial charge >= 0.3 is 6.09 Å². The molecule has 0 radical (unpaired) electrons. The van der Waals surface area contributed by atoms with E-state index < -0.39 is 40.9 Å². The first-order chi connectivity index (χ1) is 15.8. The lowest BCUT2D eigenvalue weighted by Gasteiger charge is -2.32. The van der Waals surface area contributed by atoms with Crippen LogP contribution < -0.4 is 5.32 Å². The molecule has 1 amide bonds. The topological polar surface area (TPSA) is 146 Å². The summed E-state index contributed by atoms with van der Waals surface area (Å²) in [7, 11) is -4.22. The summed E-state index contributed by atoms with van der Waals surface area (Å²) in [5, 5.41) is 31.9. The number of hydroxylamine groups is 1. The third kappa shape index (κ3) is 7.14. The largest absolute Gasteiger partial charge is 0.508 e. The smallest absolute Gasteiger partial charge is 0.404 e. The monoisotopic (exact) mass is 480 g/mol. The molecule has 2 unspecified atom stereocenters. The second kappa shape index (κ2) is 11.4. The molecule has 1 aliphatic heterocycles. The van der Waals surface area contributed by atoms with Crippen molar-refractivity contribution in [3.63, 3.8) is 0 Å². The number of carboxylic acid groups (broad SMARTS) is 1. The molecule has 4 N–H and O–H groups in total. The first kappa shape index (κ1) is 24.9. The number of nitrogens with zero attached hydrogens (tertiary/aromatic N) is 1. The van der Waals surface area contributed by atoms with Crippen LogP contribution in [0.25, 0.3) is 0 Å². The van der Waals surface area contributed by atoms with E-state index in [-0.39, 0.29) is 17.1 Å². The second-order valence-electron chi connectivity index (χ2n) is 7.71. The van der Waals surface area contributed by atoms with Gasteiger partial charge in [0.05, 0.1) is 29.7 Å². The van der Waals surface area contributed by atoms with Gasteiger partial charge in [0.2, 0.25) is 0 Å². The highest BCUT2D eigenvalue weighted by molar-refractivity contribution is 7.89. The Morgan fingerprint density at radius 3 is 2.36 bits per heavy atom. The molecule has 2 aromatic rings. The first-order valence-corrected chi connectivity index (χ1v) is 12.0. The molecule has 1 aliphatic rings. The molecule has 1 saturated heterocycles. The van der Waals surface area contributed by atoms with Crippen molar-refractivity contribution in [2.24, 2.45) is 0 Å². The molecule has 11 heteroatoms. The van der Waals surface area contributed by atoms with Crippen molar-refractivity contribution >= 4 is 16.1 Å². The van der Waals surface area contributed by atoms with Crippen LogP contribution in [0.1, 0.15) is 18.4 Å². The van der Waals surface area contributed by atoms with Crippen molar-refractivity contribution in [2.75, 3.05) is 19.8 Å². The molecule has 1 fully saturated rings. The summed E-state index contributed by atoms with van der Waals surface area (Å²) < 4.78 is 32.6. The van der Waals surface area contributed by atoms with Crippen molar-refractivity contribution in [3.8, 4) is 5.75 Å². The van der Waals surface area contributed by atoms with Crippen LogP contribution in [0, 0.1) is 0 Å². The number of phenols is 1. The summed E-state index contributed by atoms with van der Waals surface area (Å²) in [4.78, 5) is 17.0. The van der Waals surface area contributed by atoms with Crippen molar-refractivity contribution in [3.05, 3.63) is 60.2 Å². The Morgan fingerprint density at radius 1 is 1.12 bits per heavy atom. The van der Waals surface area contributed by atoms with E-state index in [0.717, 1.165) is 5.56 Å². The van der Waals surface area contributed by atoms with E-state index in [1.807, 2.05) is 6.07 Å². The van der Waals surface area contributed by atoms with Crippen LogP contribution >= 0.6 is 0 Å². The Bertz CT molecular complexity index is 995. The van der Waals surface area contributed by atoms with Gasteiger partial charge in [-0.3, -0.25) is 4.84 Å². The summed E-state index contributed by atoms with van der Waals surface area (Å²) in [6.45, 7) is 0.327. The maximum atomic E-state index is 13.3. The van der Waals surface area contributed by atoms with E-state index in [9.17, 15) is 28.5 Å². The Hall–Kier alpha value is -2.70. The van der Waals surface area contributed by atoms with Crippen LogP contribution in [0.2, 0.25) is 0 Å². The van der Waals surface area contributed by atoms with Gasteiger partial charge in [0.1, 0.15) is 5.75 Å². The van der Waals surface area contributed by atoms with Crippen molar-refractivity contribution in [1.82, 2.24) is 9.79 Å². The molecular formula is C22H28N2O8S. The number of benzene rings is 2. The summed E-state index contributed by atoms with van der Waals surface area (Å²) in [6.07, 6.45) is -2.10. The van der Waals surface area contributed by atoms with E-state index in [4.69, 9.17) is 9.57 Å². The van der Waals surface area contributed by atoms with E-state index >= 15 is 0 Å². The fourth-order valence-corrected chi connectivity index (χ4v) is 4.77. The standard InChI is InChI=1S/C22H28N2O8S/c25-17-6-8-19(9-7-17)33(29,30)24(32-18-10-12-31-13-11-18)15-21(26)20(23-22(27)28)14-16-4-2-1-3-5-16/h1-9,18,20-21,23,25-26H,10-15H2,(H,27,28). The molecule has 0 saturated carbocycles. The van der Waals surface area contributed by atoms with Gasteiger partial charge in [0, 0.05) is 13.2 Å². The van der Waals surface area contributed by atoms with Gasteiger partial charge in [0.15, 0.2) is 0 Å². The number of sulfonamides is 1. The first-order valence-electron chi connectivity index (χ1n) is 10.5. The lowest BCUT2D eigenvalue weighted by atomic mass is 10.0. The molecular weight excluding hydrogens is 452 g/mol. The Morgan fingerprint density at radius 2 is 1.76 bits per heavy atom. The molecule has 33 heavy (non-hydrogen) atoms. The number of ether oxygens (including phenoxy) is 1. The molecule has 1 heterocycles. The van der Waals surface area contributed by atoms with Gasteiger partial charge in [-0.25, -0.2) is 13.2 Å². The number of aliphatic hydroxyl groups excluding tert-OH is 1. The third-order valence-electron chi connectivity index (χ3n) is 5.25. The lowest BCUT2D eigenvalue weighted by Crippen LogP contribution is -2.51. The molecule has 0 bridgehead atoms. The van der Waals surface area contributed by atoms with E-state index in [0.29, 0.717) is 30.5 Å². The molecule has 180 valence electrons. The SMILES string of the molecule is O=C(O)NC(Cc1ccccc1)C(O)CN(OC1CCOCC1)S(=O)(=O)c1ccc(O)cc1. The van der Waals surface area contributed by atoms with E-state index in [1.54, 1.807) is 24.3 Å². The van der Waals surface area contributed by atoms with Crippen LogP contribution in [-0.4, -0.2) is 72.3 Å². The molecule has 0 aromatic heterocycles. The Labute approximate surface area is 192 Å². The minimum Gasteiger partial charge on any atom is -0.508 e. The zero-order valence-corrected chi connectivity index (χ0v) is 18.7. The van der Waals surface area contributed by atoms with Gasteiger partial charge in [-0.05, 0) is 49.1 Å². The van der Waals surface area contributed by atoms with Crippen LogP contribution in [-0.2, 0) is 26.0 Å². The Balaban J connectivity index is 1.84. The number of carbonyl (C=O) groups is 1. The average molecular weight is 481 g/mol. The lowest BCUT2D eigenvalue weighted by molar-refractivity contribution is -0.170. The maximum Gasteiger partial charge on any atom is 0.404 e. The quantitative estimate of drug-likeness (QED) is 0.376. The molecule has 3 rings (SSSR count). The summed E-state index contributed by atoms with van der Waals surface area (Å²) in [6, 6.07) is 12.9. The number of hydrogen-bond acceptors (Lipinski definition) is 7. The molecule has 0 aliphatic carbocycles. The van der Waals surface area contributed by atoms with Crippen LogP contribution in [0.4, 0.5) is 4.79 Å². The average Bonchev–Trinajstić information content (AvgIpc) is 2.79. The highest BCUT2D eigenvalue weighted by Gasteiger charge is 2.34. The number of rotatable bonds is 10. The van der Waals surface area contributed by atoms with Gasteiger partial charge in [0.25, 0.3) is 10.0 Å². The molecule has 10 nitrogen and oxygen atoms in total. The fourth-order valence-electron chi connectivity index (χ4n) is 3.47. The van der Waals surface area contributed by atoms with E-state index in [2.05, 4.69) is 5.32 Å². The normalized spacial score (nSPS) is 16.9. The molecule has 2 atom stereocenters. The number of nitrogens with one attached hydrogen (secondary N) is 1. The van der Waals surface area contributed by atoms with E-state index in [1.165, 1.54) is 24.3 Å². The molecule has 2 aromatic carbocycles. The van der Waals surface area contributed by atoms with Crippen molar-refractivity contribution in [1.29, 1.82) is 0 Å². The van der Waals surface area contributed by atoms with Gasteiger partial charge in [-0.1, -0.05) is 34.8 Å². The van der Waals surface area contributed by atoms with Crippen LogP contribution in [0.5, 0.6) is 5.75 Å². The van der Waals surface area contributed by atoms with Crippen molar-refractivity contribution in [2.45, 2.75) is 42.4 Å². The number of phenolic OH excluding ortho intramolecular Hbond substituents is 1. The summed E-state index contributed by atoms with van der Waals surface area (Å²) >= 11 is 0. The number of aliphatic hydroxyl groups is 1. The second-order valence-corrected chi connectivity index (χ2v) is 9.54. The fraction of sp³-hybridized carbons (Fsp3) is 0.409. The summed E-state index contributed by atoms with van der Waals surface area (Å²) in [5.41, 5.74) is 0.772. The third-order valence-corrected chi connectivity index (χ3v) is 6.88. The van der Waals surface area contributed by atoms with Crippen molar-refractivity contribution < 1.29 is 38.1 Å². The van der Waals surface area contributed by atoms with Crippen LogP contribution in [0.15, 0.2) is 59.5 Å². The highest BCUT2D eigenvalue weighted by Crippen LogP contribution is 2.23. The van der Waals surface area contributed by atoms with Gasteiger partial charge < -0.3 is 25.4 Å². The number of amides is 1. The number of hydrogen-bond donors (Lipinski definition) is 4. The minimum atomic E-state index is -4.22. The highest BCUT2D eigenvalue weighted by atomic mass is 32.2. The molecule has 0 spiro atoms. The predicted molar refractivity (Wildman–Crippen MR) is 118 cm³/mol. The zero-order chi connectivity index (χ0) is 23.8. The number of aromatic hydroxyl groups is 1. The van der Waals surface area contributed by atoms with Gasteiger partial charge in [-0.15, -0.1) is 0 Å². The minimum absolute atomic E-state index is 0.0977. The maximum absolute atomic E-state index is 13.3. The Kier molecular flexibility index (Phi) is 8.64. The summed E-state index contributed by atoms with van der Waals surface area (Å²) in [5.74, 6) is -0.0977. The van der Waals surface area contributed by atoms with Crippen LogP contribution in [0.3, 0.4) is 0 Å². The van der Waals surface area contributed by atoms with Gasteiger partial charge in [-0.2, -0.15) is 0 Å². The predicted octanol–water partition coefficient (Wildman–Crippen LogP) is 1.73. The zero-order valence-electron chi connectivity index (χ0n) is 17.9.